The van der Waals surface area contributed by atoms with E-state index in [2.05, 4.69) is 0 Å². The average Bonchev–Trinajstić information content (AvgIpc) is 2.52. The molecule has 0 aromatic heterocycles. The van der Waals surface area contributed by atoms with Gasteiger partial charge in [-0.15, -0.1) is 0 Å². The van der Waals surface area contributed by atoms with Crippen molar-refractivity contribution in [3.8, 4) is 0 Å². The summed E-state index contributed by atoms with van der Waals surface area (Å²) in [5.41, 5.74) is 0.675. The molecule has 1 aliphatic heterocycles. The summed E-state index contributed by atoms with van der Waals surface area (Å²) < 4.78 is 36.4. The molecule has 0 spiro atoms. The number of carbonyl (C=O) groups excluding carboxylic acids is 1. The van der Waals surface area contributed by atoms with E-state index in [9.17, 15) is 28.1 Å². The van der Waals surface area contributed by atoms with Crippen LogP contribution in [0.1, 0.15) is 12.8 Å². The first kappa shape index (κ1) is 17.0. The number of hydrogen-bond acceptors (Lipinski definition) is 4. The molecule has 1 aromatic carbocycles. The summed E-state index contributed by atoms with van der Waals surface area (Å²) in [4.78, 5) is 23.8. The molecule has 9 heteroatoms. The van der Waals surface area contributed by atoms with Crippen molar-refractivity contribution in [1.29, 1.82) is 0 Å². The van der Waals surface area contributed by atoms with Crippen LogP contribution in [-0.2, 0) is 4.79 Å². The molecule has 0 saturated carbocycles. The summed E-state index contributed by atoms with van der Waals surface area (Å²) in [6.45, 7) is -0.387. The van der Waals surface area contributed by atoms with Gasteiger partial charge in [-0.2, -0.15) is 13.2 Å². The van der Waals surface area contributed by atoms with Crippen LogP contribution in [0.3, 0.4) is 0 Å². The van der Waals surface area contributed by atoms with E-state index in [0.717, 1.165) is 0 Å². The topological polar surface area (TPSA) is 75.5 Å². The summed E-state index contributed by atoms with van der Waals surface area (Å²) in [5.74, 6) is -1.14. The Morgan fingerprint density at radius 2 is 2.00 bits per heavy atom. The van der Waals surface area contributed by atoms with Crippen molar-refractivity contribution < 1.29 is 22.9 Å². The first-order chi connectivity index (χ1) is 10.8. The Balaban J connectivity index is 1.97. The normalized spacial score (nSPS) is 18.6. The second kappa shape index (κ2) is 6.84. The van der Waals surface area contributed by atoms with Gasteiger partial charge in [0, 0.05) is 30.9 Å². The van der Waals surface area contributed by atoms with Crippen LogP contribution < -0.4 is 10.2 Å². The number of anilines is 1. The molecule has 1 heterocycles. The number of amides is 1. The monoisotopic (exact) mass is 331 g/mol. The molecular formula is C14H16F3N3O3. The van der Waals surface area contributed by atoms with E-state index in [4.69, 9.17) is 0 Å². The summed E-state index contributed by atoms with van der Waals surface area (Å²) in [6, 6.07) is 5.88. The minimum atomic E-state index is -4.43. The van der Waals surface area contributed by atoms with Crippen LogP contribution >= 0.6 is 0 Å². The SMILES string of the molecule is O=C(NCC(F)(F)F)C1CCCN(c2ccc([N+](=O)[O-])cc2)C1. The number of halogens is 3. The molecule has 0 bridgehead atoms. The van der Waals surface area contributed by atoms with E-state index in [0.29, 0.717) is 31.6 Å². The second-order valence-electron chi connectivity index (χ2n) is 5.39. The molecule has 1 atom stereocenters. The van der Waals surface area contributed by atoms with Crippen LogP contribution in [0, 0.1) is 16.0 Å². The van der Waals surface area contributed by atoms with E-state index in [1.807, 2.05) is 10.2 Å². The van der Waals surface area contributed by atoms with Crippen molar-refractivity contribution in [2.24, 2.45) is 5.92 Å². The zero-order valence-corrected chi connectivity index (χ0v) is 12.2. The first-order valence-electron chi connectivity index (χ1n) is 7.10. The maximum Gasteiger partial charge on any atom is 0.405 e. The lowest BCUT2D eigenvalue weighted by molar-refractivity contribution is -0.384. The number of nitrogens with zero attached hydrogens (tertiary/aromatic N) is 2. The molecule has 1 amide bonds. The van der Waals surface area contributed by atoms with Gasteiger partial charge < -0.3 is 10.2 Å². The van der Waals surface area contributed by atoms with E-state index >= 15 is 0 Å². The van der Waals surface area contributed by atoms with Gasteiger partial charge in [0.2, 0.25) is 5.91 Å². The van der Waals surface area contributed by atoms with Gasteiger partial charge in [0.25, 0.3) is 5.69 Å². The Morgan fingerprint density at radius 1 is 1.35 bits per heavy atom. The van der Waals surface area contributed by atoms with Gasteiger partial charge in [-0.25, -0.2) is 0 Å². The van der Waals surface area contributed by atoms with Crippen LogP contribution in [0.15, 0.2) is 24.3 Å². The number of benzene rings is 1. The molecule has 1 saturated heterocycles. The van der Waals surface area contributed by atoms with Gasteiger partial charge in [-0.1, -0.05) is 0 Å². The van der Waals surface area contributed by atoms with Crippen molar-refractivity contribution in [3.63, 3.8) is 0 Å². The molecule has 1 fully saturated rings. The van der Waals surface area contributed by atoms with Crippen molar-refractivity contribution in [1.82, 2.24) is 5.32 Å². The zero-order chi connectivity index (χ0) is 17.0. The van der Waals surface area contributed by atoms with Crippen molar-refractivity contribution in [2.45, 2.75) is 19.0 Å². The number of non-ortho nitro benzene ring substituents is 1. The molecular weight excluding hydrogens is 315 g/mol. The molecule has 1 aliphatic rings. The van der Waals surface area contributed by atoms with Crippen LogP contribution in [0.4, 0.5) is 24.5 Å². The molecule has 126 valence electrons. The van der Waals surface area contributed by atoms with Crippen molar-refractivity contribution in [3.05, 3.63) is 34.4 Å². The fourth-order valence-electron chi connectivity index (χ4n) is 2.54. The number of hydrogen-bond donors (Lipinski definition) is 1. The highest BCUT2D eigenvalue weighted by molar-refractivity contribution is 5.79. The third-order valence-corrected chi connectivity index (χ3v) is 3.68. The molecule has 1 aromatic rings. The summed E-state index contributed by atoms with van der Waals surface area (Å²) in [7, 11) is 0. The molecule has 1 unspecified atom stereocenters. The fraction of sp³-hybridized carbons (Fsp3) is 0.500. The van der Waals surface area contributed by atoms with Crippen molar-refractivity contribution in [2.75, 3.05) is 24.5 Å². The van der Waals surface area contributed by atoms with Gasteiger partial charge in [-0.05, 0) is 25.0 Å². The number of nitrogens with one attached hydrogen (secondary N) is 1. The standard InChI is InChI=1S/C14H16F3N3O3/c15-14(16,17)9-18-13(21)10-2-1-7-19(8-10)11-3-5-12(6-4-11)20(22)23/h3-6,10H,1-2,7-9H2,(H,18,21). The Morgan fingerprint density at radius 3 is 2.57 bits per heavy atom. The Labute approximate surface area is 130 Å². The average molecular weight is 331 g/mol. The van der Waals surface area contributed by atoms with E-state index in [-0.39, 0.29) is 5.69 Å². The minimum absolute atomic E-state index is 0.0368. The first-order valence-corrected chi connectivity index (χ1v) is 7.10. The lowest BCUT2D eigenvalue weighted by Gasteiger charge is -2.33. The summed E-state index contributed by atoms with van der Waals surface area (Å²) >= 11 is 0. The number of piperidine rings is 1. The largest absolute Gasteiger partial charge is 0.405 e. The summed E-state index contributed by atoms with van der Waals surface area (Å²) in [6.07, 6.45) is -3.24. The predicted octanol–water partition coefficient (Wildman–Crippen LogP) is 2.49. The van der Waals surface area contributed by atoms with E-state index in [1.165, 1.54) is 12.1 Å². The Bertz CT molecular complexity index is 575. The van der Waals surface area contributed by atoms with E-state index in [1.54, 1.807) is 12.1 Å². The second-order valence-corrected chi connectivity index (χ2v) is 5.39. The number of rotatable bonds is 4. The van der Waals surface area contributed by atoms with E-state index < -0.39 is 29.5 Å². The highest BCUT2D eigenvalue weighted by Gasteiger charge is 2.31. The van der Waals surface area contributed by atoms with Crippen LogP contribution in [-0.4, -0.2) is 36.6 Å². The Hall–Kier alpha value is -2.32. The Kier molecular flexibility index (Phi) is 5.07. The smallest absolute Gasteiger partial charge is 0.371 e. The van der Waals surface area contributed by atoms with Gasteiger partial charge >= 0.3 is 6.18 Å². The number of carbonyl (C=O) groups is 1. The molecule has 1 N–H and O–H groups in total. The molecule has 0 radical (unpaired) electrons. The third kappa shape index (κ3) is 4.83. The minimum Gasteiger partial charge on any atom is -0.371 e. The van der Waals surface area contributed by atoms with Gasteiger partial charge in [0.1, 0.15) is 6.54 Å². The highest BCUT2D eigenvalue weighted by atomic mass is 19.4. The van der Waals surface area contributed by atoms with Crippen molar-refractivity contribution >= 4 is 17.3 Å². The van der Waals surface area contributed by atoms with Crippen LogP contribution in [0.2, 0.25) is 0 Å². The zero-order valence-electron chi connectivity index (χ0n) is 12.2. The lowest BCUT2D eigenvalue weighted by atomic mass is 9.96. The highest BCUT2D eigenvalue weighted by Crippen LogP contribution is 2.25. The maximum atomic E-state index is 12.1. The molecule has 2 rings (SSSR count). The van der Waals surface area contributed by atoms with Crippen LogP contribution in [0.25, 0.3) is 0 Å². The maximum absolute atomic E-state index is 12.1. The van der Waals surface area contributed by atoms with Gasteiger partial charge in [-0.3, -0.25) is 14.9 Å². The molecule has 6 nitrogen and oxygen atoms in total. The summed E-state index contributed by atoms with van der Waals surface area (Å²) in [5, 5.41) is 12.5. The molecule has 0 aliphatic carbocycles. The molecule has 23 heavy (non-hydrogen) atoms. The predicted molar refractivity (Wildman–Crippen MR) is 77.1 cm³/mol. The lowest BCUT2D eigenvalue weighted by Crippen LogP contribution is -2.45. The van der Waals surface area contributed by atoms with Gasteiger partial charge in [0.15, 0.2) is 0 Å². The fourth-order valence-corrected chi connectivity index (χ4v) is 2.54. The quantitative estimate of drug-likeness (QED) is 0.679. The number of nitro groups is 1. The third-order valence-electron chi connectivity index (χ3n) is 3.68. The number of nitro benzene ring substituents is 1. The van der Waals surface area contributed by atoms with Crippen LogP contribution in [0.5, 0.6) is 0 Å². The number of alkyl halides is 3. The van der Waals surface area contributed by atoms with Gasteiger partial charge in [0.05, 0.1) is 10.8 Å².